The van der Waals surface area contributed by atoms with Gasteiger partial charge >= 0.3 is 0 Å². The summed E-state index contributed by atoms with van der Waals surface area (Å²) >= 11 is 0. The summed E-state index contributed by atoms with van der Waals surface area (Å²) in [4.78, 5) is 13.0. The smallest absolute Gasteiger partial charge is 0.145 e. The van der Waals surface area contributed by atoms with Gasteiger partial charge in [0.25, 0.3) is 0 Å². The lowest BCUT2D eigenvalue weighted by Crippen LogP contribution is -2.40. The molecule has 0 spiro atoms. The maximum atomic E-state index is 13.0. The van der Waals surface area contributed by atoms with Crippen LogP contribution in [0.3, 0.4) is 0 Å². The maximum Gasteiger partial charge on any atom is 0.145 e. The van der Waals surface area contributed by atoms with E-state index in [0.717, 1.165) is 16.7 Å². The lowest BCUT2D eigenvalue weighted by atomic mass is 9.62. The molecule has 0 aliphatic rings. The normalized spacial score (nSPS) is 12.6. The minimum Gasteiger partial charge on any atom is -0.299 e. The van der Waals surface area contributed by atoms with Gasteiger partial charge in [-0.05, 0) is 30.5 Å². The summed E-state index contributed by atoms with van der Waals surface area (Å²) in [7, 11) is 0. The standard InChI is InChI=1S/C23H21O/c1-18(20-12-6-3-7-13-20)23(19(2)24,21-14-8-4-9-15-21)22-16-10-5-11-17-22/h3-18H,1H2,2H3. The van der Waals surface area contributed by atoms with Crippen molar-refractivity contribution in [3.8, 4) is 0 Å². The molecule has 1 radical (unpaired) electrons. The molecular formula is C23H21O. The van der Waals surface area contributed by atoms with E-state index in [9.17, 15) is 4.79 Å². The van der Waals surface area contributed by atoms with Crippen LogP contribution in [0.15, 0.2) is 91.0 Å². The summed E-state index contributed by atoms with van der Waals surface area (Å²) in [6, 6.07) is 30.0. The molecule has 0 aliphatic heterocycles. The first-order valence-electron chi connectivity index (χ1n) is 8.17. The van der Waals surface area contributed by atoms with Crippen LogP contribution < -0.4 is 0 Å². The Balaban J connectivity index is 2.29. The lowest BCUT2D eigenvalue weighted by molar-refractivity contribution is -0.121. The maximum absolute atomic E-state index is 13.0. The molecule has 0 heterocycles. The van der Waals surface area contributed by atoms with E-state index in [2.05, 4.69) is 6.92 Å². The molecule has 119 valence electrons. The zero-order chi connectivity index (χ0) is 17.0. The molecule has 0 amide bonds. The molecule has 1 nitrogen and oxygen atoms in total. The van der Waals surface area contributed by atoms with Crippen LogP contribution >= 0.6 is 0 Å². The van der Waals surface area contributed by atoms with Crippen LogP contribution in [0.1, 0.15) is 29.5 Å². The largest absolute Gasteiger partial charge is 0.299 e. The van der Waals surface area contributed by atoms with Gasteiger partial charge in [-0.25, -0.2) is 0 Å². The highest BCUT2D eigenvalue weighted by molar-refractivity contribution is 5.93. The quantitative estimate of drug-likeness (QED) is 0.634. The van der Waals surface area contributed by atoms with Gasteiger partial charge in [-0.1, -0.05) is 91.0 Å². The fraction of sp³-hybridized carbons (Fsp3) is 0.130. The second-order valence-corrected chi connectivity index (χ2v) is 6.06. The molecule has 3 rings (SSSR count). The monoisotopic (exact) mass is 313 g/mol. The highest BCUT2D eigenvalue weighted by atomic mass is 16.1. The molecule has 0 aliphatic carbocycles. The molecule has 1 unspecified atom stereocenters. The second-order valence-electron chi connectivity index (χ2n) is 6.06. The van der Waals surface area contributed by atoms with Crippen LogP contribution in [0.2, 0.25) is 0 Å². The highest BCUT2D eigenvalue weighted by Crippen LogP contribution is 2.45. The van der Waals surface area contributed by atoms with Crippen molar-refractivity contribution < 1.29 is 4.79 Å². The van der Waals surface area contributed by atoms with Gasteiger partial charge in [0.2, 0.25) is 0 Å². The third kappa shape index (κ3) is 2.67. The predicted octanol–water partition coefficient (Wildman–Crippen LogP) is 5.18. The number of Topliss-reactive ketones (excluding diaryl/α,β-unsaturated/α-hetero) is 1. The zero-order valence-corrected chi connectivity index (χ0v) is 13.9. The average molecular weight is 313 g/mol. The van der Waals surface area contributed by atoms with Crippen molar-refractivity contribution in [2.24, 2.45) is 0 Å². The van der Waals surface area contributed by atoms with E-state index >= 15 is 0 Å². The summed E-state index contributed by atoms with van der Waals surface area (Å²) in [5.41, 5.74) is 2.21. The van der Waals surface area contributed by atoms with Crippen molar-refractivity contribution in [1.82, 2.24) is 0 Å². The summed E-state index contributed by atoms with van der Waals surface area (Å²) in [6.07, 6.45) is 0. The van der Waals surface area contributed by atoms with Gasteiger partial charge in [-0.3, -0.25) is 4.79 Å². The van der Waals surface area contributed by atoms with Crippen molar-refractivity contribution in [1.29, 1.82) is 0 Å². The lowest BCUT2D eigenvalue weighted by Gasteiger charge is -2.38. The van der Waals surface area contributed by atoms with E-state index in [4.69, 9.17) is 0 Å². The third-order valence-electron chi connectivity index (χ3n) is 4.74. The van der Waals surface area contributed by atoms with E-state index in [-0.39, 0.29) is 11.7 Å². The topological polar surface area (TPSA) is 17.1 Å². The molecule has 0 saturated heterocycles. The van der Waals surface area contributed by atoms with Crippen LogP contribution in [0.4, 0.5) is 0 Å². The zero-order valence-electron chi connectivity index (χ0n) is 13.9. The Morgan fingerprint density at radius 2 is 1.12 bits per heavy atom. The first-order chi connectivity index (χ1) is 11.7. The molecular weight excluding hydrogens is 292 g/mol. The Labute approximate surface area is 144 Å². The van der Waals surface area contributed by atoms with E-state index in [1.807, 2.05) is 91.0 Å². The Hall–Kier alpha value is -2.67. The first kappa shape index (κ1) is 16.2. The molecule has 1 heteroatoms. The predicted molar refractivity (Wildman–Crippen MR) is 98.9 cm³/mol. The fourth-order valence-electron chi connectivity index (χ4n) is 3.56. The number of carbonyl (C=O) groups excluding carboxylic acids is 1. The summed E-state index contributed by atoms with van der Waals surface area (Å²) in [6.45, 7) is 6.10. The van der Waals surface area contributed by atoms with Crippen LogP contribution in [0.5, 0.6) is 0 Å². The van der Waals surface area contributed by atoms with E-state index in [0.29, 0.717) is 0 Å². The van der Waals surface area contributed by atoms with Gasteiger partial charge in [-0.2, -0.15) is 0 Å². The number of carbonyl (C=O) groups is 1. The molecule has 3 aromatic carbocycles. The van der Waals surface area contributed by atoms with Gasteiger partial charge in [0.15, 0.2) is 0 Å². The number of hydrogen-bond donors (Lipinski definition) is 0. The van der Waals surface area contributed by atoms with E-state index in [1.54, 1.807) is 6.92 Å². The van der Waals surface area contributed by atoms with Crippen molar-refractivity contribution >= 4 is 5.78 Å². The number of hydrogen-bond acceptors (Lipinski definition) is 1. The van der Waals surface area contributed by atoms with Crippen molar-refractivity contribution in [3.05, 3.63) is 115 Å². The SMILES string of the molecule is [CH2]C(c1ccccc1)C(C(C)=O)(c1ccccc1)c1ccccc1. The minimum atomic E-state index is -0.802. The Bertz CT molecular complexity index is 752. The fourth-order valence-corrected chi connectivity index (χ4v) is 3.56. The average Bonchev–Trinajstić information content (AvgIpc) is 2.64. The Morgan fingerprint density at radius 1 is 0.750 bits per heavy atom. The molecule has 0 N–H and O–H groups in total. The van der Waals surface area contributed by atoms with E-state index < -0.39 is 5.41 Å². The van der Waals surface area contributed by atoms with Crippen LogP contribution in [0, 0.1) is 6.92 Å². The Kier molecular flexibility index (Phi) is 4.61. The number of rotatable bonds is 5. The van der Waals surface area contributed by atoms with Gasteiger partial charge < -0.3 is 0 Å². The van der Waals surface area contributed by atoms with Crippen molar-refractivity contribution in [3.63, 3.8) is 0 Å². The van der Waals surface area contributed by atoms with Gasteiger partial charge in [0.05, 0.1) is 5.41 Å². The van der Waals surface area contributed by atoms with Crippen LogP contribution in [0.25, 0.3) is 0 Å². The van der Waals surface area contributed by atoms with Gasteiger partial charge in [0, 0.05) is 5.92 Å². The van der Waals surface area contributed by atoms with Crippen LogP contribution in [-0.4, -0.2) is 5.78 Å². The number of benzene rings is 3. The molecule has 0 bridgehead atoms. The van der Waals surface area contributed by atoms with E-state index in [1.165, 1.54) is 0 Å². The second kappa shape index (κ2) is 6.84. The van der Waals surface area contributed by atoms with Crippen molar-refractivity contribution in [2.75, 3.05) is 0 Å². The summed E-state index contributed by atoms with van der Waals surface area (Å²) < 4.78 is 0. The molecule has 24 heavy (non-hydrogen) atoms. The van der Waals surface area contributed by atoms with Crippen LogP contribution in [-0.2, 0) is 10.2 Å². The highest BCUT2D eigenvalue weighted by Gasteiger charge is 2.44. The third-order valence-corrected chi connectivity index (χ3v) is 4.74. The number of ketones is 1. The summed E-state index contributed by atoms with van der Waals surface area (Å²) in [5.74, 6) is -0.121. The molecule has 0 fully saturated rings. The van der Waals surface area contributed by atoms with Gasteiger partial charge in [0.1, 0.15) is 5.78 Å². The molecule has 1 atom stereocenters. The molecule has 0 saturated carbocycles. The van der Waals surface area contributed by atoms with Crippen molar-refractivity contribution in [2.45, 2.75) is 18.3 Å². The summed E-state index contributed by atoms with van der Waals surface area (Å²) in [5, 5.41) is 0. The molecule has 3 aromatic rings. The van der Waals surface area contributed by atoms with Gasteiger partial charge in [-0.15, -0.1) is 0 Å². The Morgan fingerprint density at radius 3 is 1.50 bits per heavy atom. The molecule has 0 aromatic heterocycles. The first-order valence-corrected chi connectivity index (χ1v) is 8.17. The minimum absolute atomic E-state index is 0.101.